The van der Waals surface area contributed by atoms with Gasteiger partial charge in [0.2, 0.25) is 0 Å². The molecule has 0 saturated heterocycles. The highest BCUT2D eigenvalue weighted by Gasteiger charge is 2.29. The van der Waals surface area contributed by atoms with Gasteiger partial charge in [-0.2, -0.15) is 11.8 Å². The molecule has 2 aliphatic rings. The van der Waals surface area contributed by atoms with E-state index in [1.165, 1.54) is 37.9 Å². The van der Waals surface area contributed by atoms with Crippen molar-refractivity contribution in [2.45, 2.75) is 63.2 Å². The van der Waals surface area contributed by atoms with Crippen LogP contribution in [0.15, 0.2) is 0 Å². The first kappa shape index (κ1) is 14.9. The van der Waals surface area contributed by atoms with Gasteiger partial charge in [0.05, 0.1) is 0 Å². The van der Waals surface area contributed by atoms with Crippen LogP contribution in [0.1, 0.15) is 56.3 Å². The number of thioether (sulfide) groups is 1. The lowest BCUT2D eigenvalue weighted by atomic mass is 10.2. The third-order valence-electron chi connectivity index (χ3n) is 4.37. The first-order chi connectivity index (χ1) is 10.2. The van der Waals surface area contributed by atoms with Gasteiger partial charge in [-0.3, -0.25) is 0 Å². The standard InChI is InChI=1S/C15H25N5S/c1-3-21-12-7-6-11(8-12)17-13-9(2)14(20-16)19-15(18-13)10-4-5-10/h10-12H,3-8,16H2,1-2H3,(H2,17,18,19,20). The summed E-state index contributed by atoms with van der Waals surface area (Å²) in [6.45, 7) is 4.27. The molecule has 2 atom stereocenters. The van der Waals surface area contributed by atoms with E-state index in [1.807, 2.05) is 6.92 Å². The second-order valence-corrected chi connectivity index (χ2v) is 7.63. The number of aromatic nitrogens is 2. The van der Waals surface area contributed by atoms with Crippen LogP contribution >= 0.6 is 11.8 Å². The Morgan fingerprint density at radius 1 is 1.19 bits per heavy atom. The summed E-state index contributed by atoms with van der Waals surface area (Å²) in [6, 6.07) is 0.528. The quantitative estimate of drug-likeness (QED) is 0.554. The Morgan fingerprint density at radius 3 is 2.62 bits per heavy atom. The number of nitrogens with two attached hydrogens (primary N) is 1. The highest BCUT2D eigenvalue weighted by molar-refractivity contribution is 7.99. The molecule has 2 unspecified atom stereocenters. The van der Waals surface area contributed by atoms with Crippen LogP contribution in [0, 0.1) is 6.92 Å². The Labute approximate surface area is 130 Å². The Bertz CT molecular complexity index is 503. The Kier molecular flexibility index (Phi) is 4.54. The molecule has 3 rings (SSSR count). The maximum atomic E-state index is 5.61. The number of hydrogen-bond acceptors (Lipinski definition) is 6. The van der Waals surface area contributed by atoms with E-state index in [1.54, 1.807) is 0 Å². The molecule has 21 heavy (non-hydrogen) atoms. The van der Waals surface area contributed by atoms with Crippen molar-refractivity contribution in [1.29, 1.82) is 0 Å². The summed E-state index contributed by atoms with van der Waals surface area (Å²) in [5, 5.41) is 4.43. The molecule has 0 amide bonds. The van der Waals surface area contributed by atoms with Crippen LogP contribution in [0.2, 0.25) is 0 Å². The fourth-order valence-electron chi connectivity index (χ4n) is 2.99. The van der Waals surface area contributed by atoms with Crippen molar-refractivity contribution in [3.05, 3.63) is 11.4 Å². The average molecular weight is 307 g/mol. The number of hydrogen-bond donors (Lipinski definition) is 3. The van der Waals surface area contributed by atoms with Gasteiger partial charge in [0.1, 0.15) is 17.5 Å². The van der Waals surface area contributed by atoms with Crippen molar-refractivity contribution >= 4 is 23.4 Å². The van der Waals surface area contributed by atoms with Crippen molar-refractivity contribution in [1.82, 2.24) is 9.97 Å². The van der Waals surface area contributed by atoms with Crippen molar-refractivity contribution in [2.24, 2.45) is 5.84 Å². The summed E-state index contributed by atoms with van der Waals surface area (Å²) >= 11 is 2.08. The van der Waals surface area contributed by atoms with E-state index in [0.717, 1.165) is 28.3 Å². The van der Waals surface area contributed by atoms with E-state index in [2.05, 4.69) is 34.4 Å². The molecule has 1 aromatic rings. The predicted octanol–water partition coefficient (Wildman–Crippen LogP) is 3.03. The maximum absolute atomic E-state index is 5.61. The number of nitrogen functional groups attached to an aromatic ring is 1. The summed E-state index contributed by atoms with van der Waals surface area (Å²) < 4.78 is 0. The minimum atomic E-state index is 0.528. The van der Waals surface area contributed by atoms with E-state index in [9.17, 15) is 0 Å². The fraction of sp³-hybridized carbons (Fsp3) is 0.733. The van der Waals surface area contributed by atoms with Crippen LogP contribution < -0.4 is 16.6 Å². The van der Waals surface area contributed by atoms with E-state index in [-0.39, 0.29) is 0 Å². The third kappa shape index (κ3) is 3.43. The zero-order chi connectivity index (χ0) is 14.8. The molecular weight excluding hydrogens is 282 g/mol. The normalized spacial score (nSPS) is 25.1. The molecule has 6 heteroatoms. The predicted molar refractivity (Wildman–Crippen MR) is 89.7 cm³/mol. The van der Waals surface area contributed by atoms with Gasteiger partial charge in [0.25, 0.3) is 0 Å². The average Bonchev–Trinajstić information content (AvgIpc) is 3.24. The third-order valence-corrected chi connectivity index (χ3v) is 5.60. The second kappa shape index (κ2) is 6.40. The monoisotopic (exact) mass is 307 g/mol. The van der Waals surface area contributed by atoms with Gasteiger partial charge in [-0.1, -0.05) is 6.92 Å². The topological polar surface area (TPSA) is 75.9 Å². The van der Waals surface area contributed by atoms with Gasteiger partial charge in [0, 0.05) is 22.8 Å². The van der Waals surface area contributed by atoms with Crippen LogP contribution in [0.4, 0.5) is 11.6 Å². The van der Waals surface area contributed by atoms with Crippen molar-refractivity contribution < 1.29 is 0 Å². The van der Waals surface area contributed by atoms with E-state index >= 15 is 0 Å². The lowest BCUT2D eigenvalue weighted by molar-refractivity contribution is 0.746. The molecule has 0 aromatic carbocycles. The fourth-order valence-corrected chi connectivity index (χ4v) is 4.13. The minimum absolute atomic E-state index is 0.528. The molecule has 5 nitrogen and oxygen atoms in total. The van der Waals surface area contributed by atoms with E-state index in [0.29, 0.717) is 12.0 Å². The van der Waals surface area contributed by atoms with Crippen LogP contribution in [0.5, 0.6) is 0 Å². The smallest absolute Gasteiger partial charge is 0.148 e. The van der Waals surface area contributed by atoms with Gasteiger partial charge >= 0.3 is 0 Å². The molecule has 116 valence electrons. The number of nitrogens with one attached hydrogen (secondary N) is 2. The van der Waals surface area contributed by atoms with Crippen LogP contribution in [0.25, 0.3) is 0 Å². The first-order valence-corrected chi connectivity index (χ1v) is 8.99. The summed E-state index contributed by atoms with van der Waals surface area (Å²) in [5.41, 5.74) is 3.74. The summed E-state index contributed by atoms with van der Waals surface area (Å²) in [6.07, 6.45) is 6.16. The molecule has 0 spiro atoms. The van der Waals surface area contributed by atoms with Gasteiger partial charge < -0.3 is 10.7 Å². The Hall–Kier alpha value is -1.01. The molecule has 2 fully saturated rings. The molecule has 0 radical (unpaired) electrons. The molecule has 4 N–H and O–H groups in total. The van der Waals surface area contributed by atoms with Crippen LogP contribution in [-0.2, 0) is 0 Å². The number of anilines is 2. The van der Waals surface area contributed by atoms with E-state index < -0.39 is 0 Å². The van der Waals surface area contributed by atoms with Gasteiger partial charge in [0.15, 0.2) is 0 Å². The number of hydrazine groups is 1. The Morgan fingerprint density at radius 2 is 1.95 bits per heavy atom. The van der Waals surface area contributed by atoms with Gasteiger partial charge in [-0.05, 0) is 44.8 Å². The van der Waals surface area contributed by atoms with Gasteiger partial charge in [-0.15, -0.1) is 0 Å². The van der Waals surface area contributed by atoms with E-state index in [4.69, 9.17) is 10.8 Å². The molecule has 2 aliphatic carbocycles. The zero-order valence-electron chi connectivity index (χ0n) is 12.9. The Balaban J connectivity index is 1.73. The molecule has 0 bridgehead atoms. The summed E-state index contributed by atoms with van der Waals surface area (Å²) in [4.78, 5) is 9.29. The van der Waals surface area contributed by atoms with Crippen molar-refractivity contribution in [2.75, 3.05) is 16.5 Å². The van der Waals surface area contributed by atoms with Crippen molar-refractivity contribution in [3.8, 4) is 0 Å². The second-order valence-electron chi connectivity index (χ2n) is 6.05. The molecule has 0 aliphatic heterocycles. The summed E-state index contributed by atoms with van der Waals surface area (Å²) in [7, 11) is 0. The maximum Gasteiger partial charge on any atom is 0.148 e. The minimum Gasteiger partial charge on any atom is -0.367 e. The van der Waals surface area contributed by atoms with Crippen LogP contribution in [-0.4, -0.2) is 27.0 Å². The molecule has 2 saturated carbocycles. The largest absolute Gasteiger partial charge is 0.367 e. The SMILES string of the molecule is CCSC1CCC(Nc2nc(C3CC3)nc(NN)c2C)C1. The number of nitrogens with zero attached hydrogens (tertiary/aromatic N) is 2. The zero-order valence-corrected chi connectivity index (χ0v) is 13.7. The molecular formula is C15H25N5S. The molecule has 1 aromatic heterocycles. The van der Waals surface area contributed by atoms with Gasteiger partial charge in [-0.25, -0.2) is 15.8 Å². The lowest BCUT2D eigenvalue weighted by Crippen LogP contribution is -2.20. The lowest BCUT2D eigenvalue weighted by Gasteiger charge is -2.18. The van der Waals surface area contributed by atoms with Crippen molar-refractivity contribution in [3.63, 3.8) is 0 Å². The highest BCUT2D eigenvalue weighted by atomic mass is 32.2. The summed E-state index contributed by atoms with van der Waals surface area (Å²) in [5.74, 6) is 10.0. The van der Waals surface area contributed by atoms with Crippen LogP contribution in [0.3, 0.4) is 0 Å². The first-order valence-electron chi connectivity index (χ1n) is 7.94. The number of rotatable bonds is 6. The molecule has 1 heterocycles. The highest BCUT2D eigenvalue weighted by Crippen LogP contribution is 2.40.